The molecule has 1 aliphatic rings. The van der Waals surface area contributed by atoms with E-state index in [1.807, 2.05) is 24.3 Å². The van der Waals surface area contributed by atoms with E-state index in [1.54, 1.807) is 0 Å². The Morgan fingerprint density at radius 2 is 2.16 bits per heavy atom. The summed E-state index contributed by atoms with van der Waals surface area (Å²) < 4.78 is 0. The zero-order valence-electron chi connectivity index (χ0n) is 15.4. The first-order valence-electron chi connectivity index (χ1n) is 9.34. The molecule has 1 amide bonds. The fraction of sp³-hybridized carbons (Fsp3) is 0.600. The normalized spacial score (nSPS) is 26.9. The predicted octanol–water partition coefficient (Wildman–Crippen LogP) is 3.04. The maximum Gasteiger partial charge on any atom is 0.252 e. The van der Waals surface area contributed by atoms with Crippen molar-refractivity contribution >= 4 is 16.9 Å². The molecule has 1 heterocycles. The second-order valence-electron chi connectivity index (χ2n) is 7.87. The predicted molar refractivity (Wildman–Crippen MR) is 99.1 cm³/mol. The first-order chi connectivity index (χ1) is 11.9. The van der Waals surface area contributed by atoms with Gasteiger partial charge in [-0.1, -0.05) is 39.3 Å². The number of H-pyrrole nitrogens is 1. The topological polar surface area (TPSA) is 78.0 Å². The number of rotatable bonds is 5. The molecule has 5 nitrogen and oxygen atoms in total. The molecule has 1 aromatic heterocycles. The summed E-state index contributed by atoms with van der Waals surface area (Å²) in [5.74, 6) is 1.31. The van der Waals surface area contributed by atoms with E-state index in [-0.39, 0.29) is 11.8 Å². The molecular formula is C20H29N3O2. The number of amides is 1. The zero-order chi connectivity index (χ0) is 18.0. The minimum absolute atomic E-state index is 0.0231. The Hall–Kier alpha value is -1.88. The molecule has 0 aliphatic heterocycles. The van der Waals surface area contributed by atoms with Crippen molar-refractivity contribution in [1.29, 1.82) is 0 Å². The molecule has 136 valence electrons. The Bertz CT molecular complexity index is 706. The van der Waals surface area contributed by atoms with E-state index < -0.39 is 5.60 Å². The van der Waals surface area contributed by atoms with Crippen LogP contribution in [0.3, 0.4) is 0 Å². The van der Waals surface area contributed by atoms with Crippen LogP contribution in [-0.4, -0.2) is 33.1 Å². The maximum atomic E-state index is 12.8. The summed E-state index contributed by atoms with van der Waals surface area (Å²) in [6, 6.07) is 7.88. The van der Waals surface area contributed by atoms with Gasteiger partial charge in [-0.3, -0.25) is 4.79 Å². The van der Waals surface area contributed by atoms with Gasteiger partial charge in [0.25, 0.3) is 5.91 Å². The first kappa shape index (κ1) is 17.9. The van der Waals surface area contributed by atoms with E-state index in [0.29, 0.717) is 31.2 Å². The third-order valence-electron chi connectivity index (χ3n) is 5.53. The van der Waals surface area contributed by atoms with Gasteiger partial charge in [0.2, 0.25) is 0 Å². The average Bonchev–Trinajstić information content (AvgIpc) is 2.97. The largest absolute Gasteiger partial charge is 0.380 e. The molecule has 3 N–H and O–H groups in total. The Morgan fingerprint density at radius 1 is 1.40 bits per heavy atom. The molecule has 0 saturated heterocycles. The van der Waals surface area contributed by atoms with E-state index in [2.05, 4.69) is 36.1 Å². The maximum absolute atomic E-state index is 12.8. The van der Waals surface area contributed by atoms with Crippen molar-refractivity contribution in [1.82, 2.24) is 15.3 Å². The summed E-state index contributed by atoms with van der Waals surface area (Å²) in [7, 11) is 0. The zero-order valence-corrected chi connectivity index (χ0v) is 15.4. The van der Waals surface area contributed by atoms with E-state index in [4.69, 9.17) is 0 Å². The van der Waals surface area contributed by atoms with Crippen molar-refractivity contribution in [2.75, 3.05) is 6.54 Å². The molecule has 25 heavy (non-hydrogen) atoms. The number of carbonyl (C=O) groups is 1. The number of aliphatic hydroxyl groups is 1. The summed E-state index contributed by atoms with van der Waals surface area (Å²) in [5, 5.41) is 14.1. The van der Waals surface area contributed by atoms with Gasteiger partial charge in [0.05, 0.1) is 11.0 Å². The van der Waals surface area contributed by atoms with Gasteiger partial charge in [-0.2, -0.15) is 0 Å². The number of nitrogens with zero attached hydrogens (tertiary/aromatic N) is 1. The van der Waals surface area contributed by atoms with Crippen LogP contribution in [0.2, 0.25) is 0 Å². The minimum Gasteiger partial charge on any atom is -0.380 e. The fourth-order valence-electron chi connectivity index (χ4n) is 4.20. The Labute approximate surface area is 149 Å². The lowest BCUT2D eigenvalue weighted by molar-refractivity contribution is -0.155. The number of aromatic amines is 1. The van der Waals surface area contributed by atoms with Crippen LogP contribution in [-0.2, 0) is 11.2 Å². The number of benzene rings is 1. The van der Waals surface area contributed by atoms with Crippen LogP contribution < -0.4 is 5.32 Å². The lowest BCUT2D eigenvalue weighted by Gasteiger charge is -2.43. The second-order valence-corrected chi connectivity index (χ2v) is 7.87. The molecule has 0 unspecified atom stereocenters. The van der Waals surface area contributed by atoms with Crippen LogP contribution in [0.1, 0.15) is 45.9 Å². The Balaban J connectivity index is 1.62. The van der Waals surface area contributed by atoms with Gasteiger partial charge in [-0.15, -0.1) is 0 Å². The summed E-state index contributed by atoms with van der Waals surface area (Å²) in [6.45, 7) is 6.77. The highest BCUT2D eigenvalue weighted by atomic mass is 16.3. The van der Waals surface area contributed by atoms with Gasteiger partial charge in [-0.25, -0.2) is 4.98 Å². The smallest absolute Gasteiger partial charge is 0.252 e. The third-order valence-corrected chi connectivity index (χ3v) is 5.53. The van der Waals surface area contributed by atoms with Gasteiger partial charge < -0.3 is 15.4 Å². The number of imidazole rings is 1. The molecule has 1 aromatic carbocycles. The quantitative estimate of drug-likeness (QED) is 0.781. The number of para-hydroxylation sites is 2. The number of hydrogen-bond donors (Lipinski definition) is 3. The van der Waals surface area contributed by atoms with Gasteiger partial charge in [0.15, 0.2) is 0 Å². The molecule has 1 fully saturated rings. The Kier molecular flexibility index (Phi) is 5.13. The molecule has 1 saturated carbocycles. The van der Waals surface area contributed by atoms with E-state index in [9.17, 15) is 9.90 Å². The van der Waals surface area contributed by atoms with Crippen molar-refractivity contribution in [2.24, 2.45) is 17.8 Å². The summed E-state index contributed by atoms with van der Waals surface area (Å²) in [4.78, 5) is 20.5. The monoisotopic (exact) mass is 343 g/mol. The van der Waals surface area contributed by atoms with Crippen molar-refractivity contribution in [3.8, 4) is 0 Å². The summed E-state index contributed by atoms with van der Waals surface area (Å²) in [6.07, 6.45) is 3.16. The highest BCUT2D eigenvalue weighted by Gasteiger charge is 2.48. The number of nitrogens with one attached hydrogen (secondary N) is 2. The van der Waals surface area contributed by atoms with Gasteiger partial charge in [-0.05, 0) is 42.7 Å². The van der Waals surface area contributed by atoms with Crippen molar-refractivity contribution in [3.05, 3.63) is 30.1 Å². The van der Waals surface area contributed by atoms with Crippen molar-refractivity contribution in [2.45, 2.75) is 52.1 Å². The van der Waals surface area contributed by atoms with Crippen LogP contribution in [0.5, 0.6) is 0 Å². The fourth-order valence-corrected chi connectivity index (χ4v) is 4.20. The number of hydrogen-bond acceptors (Lipinski definition) is 3. The van der Waals surface area contributed by atoms with Crippen LogP contribution in [0.4, 0.5) is 0 Å². The molecule has 0 bridgehead atoms. The van der Waals surface area contributed by atoms with Crippen LogP contribution in [0, 0.1) is 17.8 Å². The molecule has 5 heteroatoms. The van der Waals surface area contributed by atoms with E-state index in [0.717, 1.165) is 29.7 Å². The average molecular weight is 343 g/mol. The summed E-state index contributed by atoms with van der Waals surface area (Å²) in [5.41, 5.74) is 0.687. The highest BCUT2D eigenvalue weighted by molar-refractivity contribution is 5.85. The third kappa shape index (κ3) is 3.71. The molecule has 0 radical (unpaired) electrons. The van der Waals surface area contributed by atoms with Gasteiger partial charge >= 0.3 is 0 Å². The molecule has 3 rings (SSSR count). The number of fused-ring (bicyclic) bond motifs is 1. The number of carbonyl (C=O) groups excluding carboxylic acids is 1. The lowest BCUT2D eigenvalue weighted by Crippen LogP contribution is -2.56. The SMILES string of the molecule is CC(C)[C@@H]1CC[C@@H](C)C[C@@]1(O)C(=O)NCCc1nc2ccccc2[nH]1. The van der Waals surface area contributed by atoms with Gasteiger partial charge in [0, 0.05) is 13.0 Å². The van der Waals surface area contributed by atoms with Crippen LogP contribution in [0.15, 0.2) is 24.3 Å². The van der Waals surface area contributed by atoms with E-state index >= 15 is 0 Å². The first-order valence-corrected chi connectivity index (χ1v) is 9.34. The standard InChI is InChI=1S/C20H29N3O2/c1-13(2)15-9-8-14(3)12-20(15,25)19(24)21-11-10-18-22-16-6-4-5-7-17(16)23-18/h4-7,13-15,25H,8-12H2,1-3H3,(H,21,24)(H,22,23)/t14-,15+,20+/m1/s1. The lowest BCUT2D eigenvalue weighted by atomic mass is 9.66. The summed E-state index contributed by atoms with van der Waals surface area (Å²) >= 11 is 0. The molecule has 1 aliphatic carbocycles. The number of aromatic nitrogens is 2. The van der Waals surface area contributed by atoms with Crippen molar-refractivity contribution in [3.63, 3.8) is 0 Å². The van der Waals surface area contributed by atoms with Crippen LogP contribution in [0.25, 0.3) is 11.0 Å². The second kappa shape index (κ2) is 7.16. The molecule has 0 spiro atoms. The Morgan fingerprint density at radius 3 is 2.88 bits per heavy atom. The van der Waals surface area contributed by atoms with E-state index in [1.165, 1.54) is 0 Å². The minimum atomic E-state index is -1.25. The molecule has 3 atom stereocenters. The van der Waals surface area contributed by atoms with Gasteiger partial charge in [0.1, 0.15) is 11.4 Å². The molecule has 2 aromatic rings. The van der Waals surface area contributed by atoms with Crippen LogP contribution >= 0.6 is 0 Å². The highest BCUT2D eigenvalue weighted by Crippen LogP contribution is 2.41. The van der Waals surface area contributed by atoms with Crippen molar-refractivity contribution < 1.29 is 9.90 Å². The molecular weight excluding hydrogens is 314 g/mol.